The quantitative estimate of drug-likeness (QED) is 0.495. The molecule has 0 radical (unpaired) electrons. The Hall–Kier alpha value is -3.94. The van der Waals surface area contributed by atoms with Gasteiger partial charge in [0, 0.05) is 25.1 Å². The van der Waals surface area contributed by atoms with Crippen LogP contribution in [-0.2, 0) is 6.42 Å². The molecular weight excluding hydrogens is 416 g/mol. The lowest BCUT2D eigenvalue weighted by molar-refractivity contribution is 0.0683. The molecule has 2 N–H and O–H groups in total. The van der Waals surface area contributed by atoms with E-state index in [9.17, 15) is 9.59 Å². The second-order valence-electron chi connectivity index (χ2n) is 8.54. The first-order chi connectivity index (χ1) is 16.1. The summed E-state index contributed by atoms with van der Waals surface area (Å²) >= 11 is 0. The summed E-state index contributed by atoms with van der Waals surface area (Å²) in [4.78, 5) is 27.3. The van der Waals surface area contributed by atoms with E-state index in [1.807, 2.05) is 72.5 Å². The summed E-state index contributed by atoms with van der Waals surface area (Å²) in [5.41, 5.74) is 3.91. The molecule has 8 nitrogen and oxygen atoms in total. The summed E-state index contributed by atoms with van der Waals surface area (Å²) in [6.45, 7) is 3.33. The number of para-hydroxylation sites is 1. The fourth-order valence-electron chi connectivity index (χ4n) is 4.49. The van der Waals surface area contributed by atoms with Gasteiger partial charge in [0.25, 0.3) is 5.91 Å². The van der Waals surface area contributed by atoms with Crippen LogP contribution in [0.15, 0.2) is 65.5 Å². The number of likely N-dealkylation sites (tertiary alicyclic amines) is 1. The van der Waals surface area contributed by atoms with E-state index in [0.717, 1.165) is 41.2 Å². The zero-order valence-corrected chi connectivity index (χ0v) is 18.5. The number of benzene rings is 2. The Bertz CT molecular complexity index is 1310. The Kier molecular flexibility index (Phi) is 5.64. The van der Waals surface area contributed by atoms with Crippen LogP contribution < -0.4 is 5.69 Å². The number of H-pyrrole nitrogens is 2. The normalized spacial score (nSPS) is 14.5. The van der Waals surface area contributed by atoms with Crippen LogP contribution in [0.3, 0.4) is 0 Å². The van der Waals surface area contributed by atoms with E-state index in [1.54, 1.807) is 4.57 Å². The molecule has 1 aliphatic rings. The number of aromatic nitrogens is 5. The molecular formula is C25H26N6O2. The van der Waals surface area contributed by atoms with Gasteiger partial charge in [0.1, 0.15) is 11.5 Å². The first kappa shape index (κ1) is 20.9. The van der Waals surface area contributed by atoms with Crippen LogP contribution >= 0.6 is 0 Å². The molecule has 1 amide bonds. The summed E-state index contributed by atoms with van der Waals surface area (Å²) in [6, 6.07) is 19.4. The van der Waals surface area contributed by atoms with E-state index in [0.29, 0.717) is 31.1 Å². The smallest absolute Gasteiger partial charge is 0.337 e. The Labute approximate surface area is 191 Å². The Balaban J connectivity index is 1.24. The van der Waals surface area contributed by atoms with Crippen LogP contribution in [-0.4, -0.2) is 48.9 Å². The summed E-state index contributed by atoms with van der Waals surface area (Å²) in [5, 5.41) is 14.1. The maximum atomic E-state index is 13.0. The van der Waals surface area contributed by atoms with Gasteiger partial charge in [0.05, 0.1) is 11.4 Å². The fourth-order valence-corrected chi connectivity index (χ4v) is 4.49. The Morgan fingerprint density at radius 1 is 1.00 bits per heavy atom. The molecule has 8 heteroatoms. The van der Waals surface area contributed by atoms with E-state index in [2.05, 4.69) is 20.4 Å². The van der Waals surface area contributed by atoms with Gasteiger partial charge in [-0.1, -0.05) is 48.5 Å². The predicted molar refractivity (Wildman–Crippen MR) is 125 cm³/mol. The number of aromatic amines is 2. The zero-order valence-electron chi connectivity index (χ0n) is 18.5. The van der Waals surface area contributed by atoms with Gasteiger partial charge in [-0.2, -0.15) is 10.2 Å². The predicted octanol–water partition coefficient (Wildman–Crippen LogP) is 3.35. The Morgan fingerprint density at radius 3 is 2.48 bits per heavy atom. The molecule has 3 heterocycles. The molecule has 0 aliphatic carbocycles. The van der Waals surface area contributed by atoms with Gasteiger partial charge >= 0.3 is 5.69 Å². The second kappa shape index (κ2) is 8.90. The van der Waals surface area contributed by atoms with E-state index < -0.39 is 0 Å². The monoisotopic (exact) mass is 442 g/mol. The molecule has 33 heavy (non-hydrogen) atoms. The third kappa shape index (κ3) is 4.24. The number of piperidine rings is 1. The first-order valence-electron chi connectivity index (χ1n) is 11.2. The van der Waals surface area contributed by atoms with Crippen molar-refractivity contribution in [3.63, 3.8) is 0 Å². The molecule has 0 bridgehead atoms. The van der Waals surface area contributed by atoms with Crippen LogP contribution in [0.2, 0.25) is 0 Å². The topological polar surface area (TPSA) is 99.7 Å². The maximum absolute atomic E-state index is 13.0. The number of carbonyl (C=O) groups is 1. The highest BCUT2D eigenvalue weighted by Gasteiger charge is 2.26. The highest BCUT2D eigenvalue weighted by molar-refractivity contribution is 5.93. The van der Waals surface area contributed by atoms with Crippen molar-refractivity contribution in [1.29, 1.82) is 0 Å². The molecule has 0 spiro atoms. The number of hydrogen-bond acceptors (Lipinski definition) is 4. The highest BCUT2D eigenvalue weighted by Crippen LogP contribution is 2.24. The van der Waals surface area contributed by atoms with Crippen molar-refractivity contribution in [3.8, 4) is 16.9 Å². The molecule has 2 aromatic carbocycles. The van der Waals surface area contributed by atoms with Crippen molar-refractivity contribution in [1.82, 2.24) is 29.9 Å². The van der Waals surface area contributed by atoms with Gasteiger partial charge in [-0.3, -0.25) is 9.89 Å². The number of nitrogens with one attached hydrogen (secondary N) is 2. The Morgan fingerprint density at radius 2 is 1.73 bits per heavy atom. The van der Waals surface area contributed by atoms with Crippen LogP contribution in [0.1, 0.15) is 34.7 Å². The minimum absolute atomic E-state index is 0.0280. The highest BCUT2D eigenvalue weighted by atomic mass is 16.2. The van der Waals surface area contributed by atoms with Crippen molar-refractivity contribution < 1.29 is 4.79 Å². The standard InChI is InChI=1S/C25H26N6O2/c1-17-7-5-6-10-22(17)31-23(28-29-25(31)33)15-18-11-13-30(14-12-18)24(32)21-16-20(26-27-21)19-8-3-2-4-9-19/h2-10,16,18H,11-15H2,1H3,(H,26,27)(H,29,33). The van der Waals surface area contributed by atoms with Crippen molar-refractivity contribution >= 4 is 5.91 Å². The summed E-state index contributed by atoms with van der Waals surface area (Å²) in [7, 11) is 0. The maximum Gasteiger partial charge on any atom is 0.347 e. The van der Waals surface area contributed by atoms with Crippen LogP contribution in [0, 0.1) is 12.8 Å². The van der Waals surface area contributed by atoms with Crippen molar-refractivity contribution in [2.75, 3.05) is 13.1 Å². The average molecular weight is 443 g/mol. The van der Waals surface area contributed by atoms with Crippen LogP contribution in [0.25, 0.3) is 16.9 Å². The van der Waals surface area contributed by atoms with Crippen molar-refractivity contribution in [2.45, 2.75) is 26.2 Å². The molecule has 1 aliphatic heterocycles. The van der Waals surface area contributed by atoms with Crippen molar-refractivity contribution in [2.24, 2.45) is 5.92 Å². The van der Waals surface area contributed by atoms with Crippen molar-refractivity contribution in [3.05, 3.63) is 88.2 Å². The molecule has 168 valence electrons. The average Bonchev–Trinajstić information content (AvgIpc) is 3.48. The SMILES string of the molecule is Cc1ccccc1-n1c(CC2CCN(C(=O)c3cc(-c4ccccc4)n[nH]3)CC2)n[nH]c1=O. The third-order valence-electron chi connectivity index (χ3n) is 6.35. The lowest BCUT2D eigenvalue weighted by atomic mass is 9.93. The number of aryl methyl sites for hydroxylation is 1. The van der Waals surface area contributed by atoms with Gasteiger partial charge in [-0.25, -0.2) is 14.5 Å². The molecule has 0 unspecified atom stereocenters. The number of nitrogens with zero attached hydrogens (tertiary/aromatic N) is 4. The molecule has 1 saturated heterocycles. The minimum Gasteiger partial charge on any atom is -0.337 e. The molecule has 2 aromatic heterocycles. The largest absolute Gasteiger partial charge is 0.347 e. The number of hydrogen-bond donors (Lipinski definition) is 2. The minimum atomic E-state index is -0.222. The zero-order chi connectivity index (χ0) is 22.8. The lowest BCUT2D eigenvalue weighted by Crippen LogP contribution is -2.39. The van der Waals surface area contributed by atoms with Gasteiger partial charge < -0.3 is 4.90 Å². The third-order valence-corrected chi connectivity index (χ3v) is 6.35. The van der Waals surface area contributed by atoms with Crippen LogP contribution in [0.4, 0.5) is 0 Å². The van der Waals surface area contributed by atoms with E-state index in [1.165, 1.54) is 0 Å². The number of rotatable bonds is 5. The van der Waals surface area contributed by atoms with E-state index >= 15 is 0 Å². The van der Waals surface area contributed by atoms with Gasteiger partial charge in [0.15, 0.2) is 0 Å². The summed E-state index contributed by atoms with van der Waals surface area (Å²) in [5.74, 6) is 1.06. The number of carbonyl (C=O) groups excluding carboxylic acids is 1. The molecule has 0 saturated carbocycles. The van der Waals surface area contributed by atoms with Gasteiger partial charge in [0.2, 0.25) is 0 Å². The molecule has 5 rings (SSSR count). The van der Waals surface area contributed by atoms with E-state index in [4.69, 9.17) is 0 Å². The first-order valence-corrected chi connectivity index (χ1v) is 11.2. The molecule has 1 fully saturated rings. The van der Waals surface area contributed by atoms with E-state index in [-0.39, 0.29) is 11.6 Å². The fraction of sp³-hybridized carbons (Fsp3) is 0.280. The lowest BCUT2D eigenvalue weighted by Gasteiger charge is -2.31. The summed E-state index contributed by atoms with van der Waals surface area (Å²) in [6.07, 6.45) is 2.41. The van der Waals surface area contributed by atoms with Gasteiger partial charge in [-0.05, 0) is 43.4 Å². The van der Waals surface area contributed by atoms with Gasteiger partial charge in [-0.15, -0.1) is 0 Å². The second-order valence-corrected chi connectivity index (χ2v) is 8.54. The molecule has 4 aromatic rings. The summed E-state index contributed by atoms with van der Waals surface area (Å²) < 4.78 is 1.67. The number of amides is 1. The molecule has 0 atom stereocenters. The van der Waals surface area contributed by atoms with Crippen LogP contribution in [0.5, 0.6) is 0 Å².